The lowest BCUT2D eigenvalue weighted by Crippen LogP contribution is -2.38. The molecule has 1 heterocycles. The fourth-order valence-electron chi connectivity index (χ4n) is 4.29. The molecule has 3 rings (SSSR count). The highest BCUT2D eigenvalue weighted by Gasteiger charge is 2.38. The third-order valence-electron chi connectivity index (χ3n) is 6.65. The number of Topliss-reactive ketones (excluding diaryl/α,β-unsaturated/α-hetero) is 1. The van der Waals surface area contributed by atoms with Gasteiger partial charge in [-0.1, -0.05) is 32.4 Å². The molecule has 40 heavy (non-hydrogen) atoms. The summed E-state index contributed by atoms with van der Waals surface area (Å²) in [5, 5.41) is 2.92. The van der Waals surface area contributed by atoms with E-state index >= 15 is 0 Å². The van der Waals surface area contributed by atoms with E-state index in [4.69, 9.17) is 0 Å². The molecule has 12 heteroatoms. The third-order valence-corrected chi connectivity index (χ3v) is 6.65. The number of rotatable bonds is 9. The summed E-state index contributed by atoms with van der Waals surface area (Å²) in [6, 6.07) is 5.89. The second-order valence-corrected chi connectivity index (χ2v) is 9.48. The Morgan fingerprint density at radius 3 is 2.08 bits per heavy atom. The van der Waals surface area contributed by atoms with Gasteiger partial charge in [0.1, 0.15) is 5.56 Å². The van der Waals surface area contributed by atoms with Crippen LogP contribution in [0.2, 0.25) is 0 Å². The van der Waals surface area contributed by atoms with E-state index in [0.29, 0.717) is 30.7 Å². The fourth-order valence-corrected chi connectivity index (χ4v) is 4.29. The minimum absolute atomic E-state index is 0.0681. The molecule has 0 atom stereocenters. The number of ketones is 1. The van der Waals surface area contributed by atoms with E-state index in [9.17, 15) is 40.7 Å². The maximum Gasteiger partial charge on any atom is 0.416 e. The molecule has 1 amide bonds. The summed E-state index contributed by atoms with van der Waals surface area (Å²) in [5.41, 5.74) is -2.53. The minimum Gasteiger partial charge on any atom is -0.331 e. The van der Waals surface area contributed by atoms with E-state index in [2.05, 4.69) is 5.10 Å². The van der Waals surface area contributed by atoms with E-state index in [1.165, 1.54) is 4.68 Å². The van der Waals surface area contributed by atoms with Crippen molar-refractivity contribution in [2.24, 2.45) is 0 Å². The first-order valence-electron chi connectivity index (χ1n) is 12.6. The lowest BCUT2D eigenvalue weighted by atomic mass is 10.0. The maximum atomic E-state index is 13.4. The second kappa shape index (κ2) is 11.7. The number of nitrogens with zero attached hydrogens (tertiary/aromatic N) is 2. The number of unbranched alkanes of at least 4 members (excludes halogenated alkanes) is 1. The molecule has 6 nitrogen and oxygen atoms in total. The van der Waals surface area contributed by atoms with Gasteiger partial charge in [0.05, 0.1) is 23.4 Å². The zero-order valence-electron chi connectivity index (χ0n) is 22.4. The van der Waals surface area contributed by atoms with Crippen LogP contribution in [0.15, 0.2) is 41.2 Å². The third kappa shape index (κ3) is 6.48. The molecule has 2 aromatic carbocycles. The number of carbonyl (C=O) groups is 2. The van der Waals surface area contributed by atoms with E-state index < -0.39 is 52.8 Å². The molecule has 0 unspecified atom stereocenters. The number of H-pyrrole nitrogens is 1. The summed E-state index contributed by atoms with van der Waals surface area (Å²) in [4.78, 5) is 40.9. The van der Waals surface area contributed by atoms with Crippen LogP contribution in [-0.4, -0.2) is 39.5 Å². The van der Waals surface area contributed by atoms with Crippen molar-refractivity contribution in [1.29, 1.82) is 0 Å². The molecule has 216 valence electrons. The molecule has 0 bridgehead atoms. The number of aromatic amines is 1. The summed E-state index contributed by atoms with van der Waals surface area (Å²) in [5.74, 6) is -1.96. The molecule has 0 aliphatic heterocycles. The quantitative estimate of drug-likeness (QED) is 0.236. The Balaban J connectivity index is 2.05. The molecule has 0 spiro atoms. The van der Waals surface area contributed by atoms with E-state index in [1.807, 2.05) is 13.0 Å². The summed E-state index contributed by atoms with van der Waals surface area (Å²) in [6.45, 7) is 6.31. The van der Waals surface area contributed by atoms with Crippen molar-refractivity contribution >= 4 is 11.7 Å². The minimum atomic E-state index is -5.14. The van der Waals surface area contributed by atoms with Crippen LogP contribution in [0.1, 0.15) is 75.4 Å². The van der Waals surface area contributed by atoms with Crippen molar-refractivity contribution in [3.63, 3.8) is 0 Å². The number of hydrogen-bond acceptors (Lipinski definition) is 3. The van der Waals surface area contributed by atoms with Gasteiger partial charge in [-0.2, -0.15) is 26.3 Å². The van der Waals surface area contributed by atoms with E-state index in [-0.39, 0.29) is 30.3 Å². The Morgan fingerprint density at radius 2 is 1.55 bits per heavy atom. The Kier molecular flexibility index (Phi) is 9.00. The van der Waals surface area contributed by atoms with Crippen molar-refractivity contribution in [3.05, 3.63) is 85.8 Å². The van der Waals surface area contributed by atoms with Gasteiger partial charge in [0.15, 0.2) is 5.78 Å². The molecular formula is C28H29F6N3O3. The normalized spacial score (nSPS) is 12.1. The Morgan fingerprint density at radius 1 is 0.950 bits per heavy atom. The van der Waals surface area contributed by atoms with Crippen molar-refractivity contribution < 1.29 is 35.9 Å². The fraction of sp³-hybridized carbons (Fsp3) is 0.393. The second-order valence-electron chi connectivity index (χ2n) is 9.48. The van der Waals surface area contributed by atoms with Crippen LogP contribution in [-0.2, 0) is 18.8 Å². The van der Waals surface area contributed by atoms with Crippen molar-refractivity contribution in [2.45, 2.75) is 59.3 Å². The van der Waals surface area contributed by atoms with Gasteiger partial charge in [0.2, 0.25) is 0 Å². The van der Waals surface area contributed by atoms with Gasteiger partial charge in [0.25, 0.3) is 11.5 Å². The first kappa shape index (κ1) is 30.7. The summed E-state index contributed by atoms with van der Waals surface area (Å²) < 4.78 is 81.4. The summed E-state index contributed by atoms with van der Waals surface area (Å²) in [6.07, 6.45) is -9.18. The average Bonchev–Trinajstić information content (AvgIpc) is 3.22. The lowest BCUT2D eigenvalue weighted by Gasteiger charge is -2.23. The van der Waals surface area contributed by atoms with E-state index in [0.717, 1.165) is 16.0 Å². The van der Waals surface area contributed by atoms with Gasteiger partial charge in [0, 0.05) is 17.8 Å². The standard InChI is InChI=1S/C28H29F6N3O3/c1-5-7-11-36(25(39)18-12-19(27(29,30)31)14-20(13-18)28(32,33)34)15-23(38)24-21(6-2)35-37(26(24)40)22-10-8-9-16(3)17(22)4/h8-10,12-14,35H,5-7,11,15H2,1-4H3. The number of alkyl halides is 6. The van der Waals surface area contributed by atoms with Gasteiger partial charge in [-0.05, 0) is 62.1 Å². The predicted molar refractivity (Wildman–Crippen MR) is 137 cm³/mol. The number of hydrogen-bond donors (Lipinski definition) is 1. The van der Waals surface area contributed by atoms with Crippen LogP contribution in [0.25, 0.3) is 5.69 Å². The van der Waals surface area contributed by atoms with Crippen molar-refractivity contribution in [1.82, 2.24) is 14.7 Å². The van der Waals surface area contributed by atoms with Crippen LogP contribution >= 0.6 is 0 Å². The number of carbonyl (C=O) groups excluding carboxylic acids is 2. The topological polar surface area (TPSA) is 75.2 Å². The molecule has 1 N–H and O–H groups in total. The number of benzene rings is 2. The van der Waals surface area contributed by atoms with Gasteiger partial charge >= 0.3 is 12.4 Å². The monoisotopic (exact) mass is 569 g/mol. The van der Waals surface area contributed by atoms with Gasteiger partial charge in [-0.3, -0.25) is 19.5 Å². The Hall–Kier alpha value is -3.83. The first-order chi connectivity index (χ1) is 18.6. The van der Waals surface area contributed by atoms with E-state index in [1.54, 1.807) is 32.9 Å². The molecule has 0 aliphatic rings. The smallest absolute Gasteiger partial charge is 0.331 e. The first-order valence-corrected chi connectivity index (χ1v) is 12.6. The number of nitrogens with one attached hydrogen (secondary N) is 1. The zero-order chi connectivity index (χ0) is 30.0. The summed E-state index contributed by atoms with van der Waals surface area (Å²) >= 11 is 0. The number of aryl methyl sites for hydroxylation is 2. The maximum absolute atomic E-state index is 13.4. The largest absolute Gasteiger partial charge is 0.416 e. The average molecular weight is 570 g/mol. The molecule has 3 aromatic rings. The molecular weight excluding hydrogens is 540 g/mol. The molecule has 0 fully saturated rings. The molecule has 1 aromatic heterocycles. The Labute approximate surface area is 226 Å². The number of halogens is 6. The van der Waals surface area contributed by atoms with Crippen LogP contribution in [0.4, 0.5) is 26.3 Å². The van der Waals surface area contributed by atoms with Crippen LogP contribution in [0.3, 0.4) is 0 Å². The zero-order valence-corrected chi connectivity index (χ0v) is 22.4. The molecule has 0 saturated carbocycles. The predicted octanol–water partition coefficient (Wildman–Crippen LogP) is 6.51. The van der Waals surface area contributed by atoms with Crippen LogP contribution in [0.5, 0.6) is 0 Å². The summed E-state index contributed by atoms with van der Waals surface area (Å²) in [7, 11) is 0. The van der Waals surface area contributed by atoms with Crippen molar-refractivity contribution in [2.75, 3.05) is 13.1 Å². The van der Waals surface area contributed by atoms with Gasteiger partial charge in [-0.25, -0.2) is 4.68 Å². The van der Waals surface area contributed by atoms with Gasteiger partial charge < -0.3 is 4.90 Å². The Bertz CT molecular complexity index is 1440. The SMILES string of the molecule is CCCCN(CC(=O)c1c(CC)[nH]n(-c2cccc(C)c2C)c1=O)C(=O)c1cc(C(F)(F)F)cc(C(F)(F)F)c1. The highest BCUT2D eigenvalue weighted by Crippen LogP contribution is 2.36. The number of amides is 1. The van der Waals surface area contributed by atoms with Crippen molar-refractivity contribution in [3.8, 4) is 5.69 Å². The number of aromatic nitrogens is 2. The molecule has 0 saturated heterocycles. The highest BCUT2D eigenvalue weighted by atomic mass is 19.4. The lowest BCUT2D eigenvalue weighted by molar-refractivity contribution is -0.143. The van der Waals surface area contributed by atoms with Gasteiger partial charge in [-0.15, -0.1) is 0 Å². The highest BCUT2D eigenvalue weighted by molar-refractivity contribution is 6.02. The molecule has 0 radical (unpaired) electrons. The van der Waals surface area contributed by atoms with Crippen LogP contribution in [0, 0.1) is 13.8 Å². The van der Waals surface area contributed by atoms with Crippen LogP contribution < -0.4 is 5.56 Å². The molecule has 0 aliphatic carbocycles.